The first-order valence-electron chi connectivity index (χ1n) is 5.22. The first kappa shape index (κ1) is 14.7. The van der Waals surface area contributed by atoms with Crippen molar-refractivity contribution in [3.63, 3.8) is 0 Å². The van der Waals surface area contributed by atoms with E-state index in [1.165, 1.54) is 11.8 Å². The average Bonchev–Trinajstić information content (AvgIpc) is 2.19. The van der Waals surface area contributed by atoms with Crippen molar-refractivity contribution in [1.29, 1.82) is 0 Å². The maximum absolute atomic E-state index is 10.2. The summed E-state index contributed by atoms with van der Waals surface area (Å²) in [4.78, 5) is 10.2. The molecule has 0 aliphatic heterocycles. The van der Waals surface area contributed by atoms with Crippen molar-refractivity contribution in [2.45, 2.75) is 32.3 Å². The van der Waals surface area contributed by atoms with Gasteiger partial charge in [0, 0.05) is 18.1 Å². The van der Waals surface area contributed by atoms with Crippen molar-refractivity contribution in [2.24, 2.45) is 0 Å². The van der Waals surface area contributed by atoms with Gasteiger partial charge < -0.3 is 14.9 Å². The Morgan fingerprint density at radius 1 is 1.53 bits per heavy atom. The molecule has 0 aliphatic rings. The fraction of sp³-hybridized carbons (Fsp3) is 0.900. The van der Waals surface area contributed by atoms with Gasteiger partial charge in [0.05, 0.1) is 19.1 Å². The number of aliphatic hydroxyl groups is 1. The Morgan fingerprint density at radius 2 is 2.27 bits per heavy atom. The maximum Gasteiger partial charge on any atom is 0.304 e. The molecule has 15 heavy (non-hydrogen) atoms. The summed E-state index contributed by atoms with van der Waals surface area (Å²) in [5.74, 6) is 0.289. The zero-order valence-electron chi connectivity index (χ0n) is 9.15. The Balaban J connectivity index is 3.18. The molecule has 0 spiro atoms. The number of carboxylic acids is 1. The number of carbonyl (C=O) groups is 1. The second-order valence-corrected chi connectivity index (χ2v) is 4.45. The van der Waals surface area contributed by atoms with E-state index < -0.39 is 12.1 Å². The lowest BCUT2D eigenvalue weighted by atomic mass is 10.3. The van der Waals surface area contributed by atoms with Crippen LogP contribution in [0, 0.1) is 0 Å². The highest BCUT2D eigenvalue weighted by atomic mass is 32.2. The maximum atomic E-state index is 10.2. The third-order valence-corrected chi connectivity index (χ3v) is 2.84. The molecule has 0 saturated heterocycles. The first-order valence-corrected chi connectivity index (χ1v) is 6.37. The lowest BCUT2D eigenvalue weighted by Gasteiger charge is -2.10. The van der Waals surface area contributed by atoms with Crippen molar-refractivity contribution in [2.75, 3.05) is 24.7 Å². The number of thioether (sulfide) groups is 1. The van der Waals surface area contributed by atoms with E-state index in [9.17, 15) is 9.90 Å². The van der Waals surface area contributed by atoms with Crippen LogP contribution < -0.4 is 0 Å². The number of carboxylic acid groups (broad SMARTS) is 1. The fourth-order valence-electron chi connectivity index (χ4n) is 0.893. The van der Waals surface area contributed by atoms with Gasteiger partial charge in [0.1, 0.15) is 0 Å². The number of aliphatic carboxylic acids is 1. The lowest BCUT2D eigenvalue weighted by Crippen LogP contribution is -2.18. The summed E-state index contributed by atoms with van der Waals surface area (Å²) in [5, 5.41) is 17.8. The van der Waals surface area contributed by atoms with E-state index in [0.717, 1.165) is 12.8 Å². The summed E-state index contributed by atoms with van der Waals surface area (Å²) in [6.45, 7) is 3.12. The molecule has 1 unspecified atom stereocenters. The van der Waals surface area contributed by atoms with Crippen molar-refractivity contribution >= 4 is 17.7 Å². The van der Waals surface area contributed by atoms with E-state index in [2.05, 4.69) is 6.92 Å². The Kier molecular flexibility index (Phi) is 10.1. The summed E-state index contributed by atoms with van der Waals surface area (Å²) >= 11 is 1.44. The van der Waals surface area contributed by atoms with Crippen molar-refractivity contribution in [3.8, 4) is 0 Å². The molecule has 0 amide bonds. The molecule has 0 aromatic rings. The highest BCUT2D eigenvalue weighted by molar-refractivity contribution is 7.99. The highest BCUT2D eigenvalue weighted by Gasteiger charge is 2.05. The van der Waals surface area contributed by atoms with Crippen molar-refractivity contribution in [3.05, 3.63) is 0 Å². The van der Waals surface area contributed by atoms with Crippen LogP contribution in [0.5, 0.6) is 0 Å². The van der Waals surface area contributed by atoms with E-state index in [0.29, 0.717) is 24.7 Å². The van der Waals surface area contributed by atoms with Gasteiger partial charge in [0.2, 0.25) is 0 Å². The van der Waals surface area contributed by atoms with E-state index in [1.807, 2.05) is 0 Å². The highest BCUT2D eigenvalue weighted by Crippen LogP contribution is 2.05. The van der Waals surface area contributed by atoms with Crippen molar-refractivity contribution in [1.82, 2.24) is 0 Å². The quantitative estimate of drug-likeness (QED) is 0.561. The molecule has 0 fully saturated rings. The van der Waals surface area contributed by atoms with Crippen LogP contribution in [0.2, 0.25) is 0 Å². The molecule has 1 atom stereocenters. The number of unbranched alkanes of at least 4 members (excludes halogenated alkanes) is 1. The van der Waals surface area contributed by atoms with Gasteiger partial charge in [-0.3, -0.25) is 4.79 Å². The molecule has 90 valence electrons. The Hall–Kier alpha value is -0.260. The summed E-state index contributed by atoms with van der Waals surface area (Å²) < 4.78 is 5.23. The minimum atomic E-state index is -0.795. The molecule has 5 heteroatoms. The number of aliphatic hydroxyl groups excluding tert-OH is 1. The van der Waals surface area contributed by atoms with Crippen LogP contribution in [-0.2, 0) is 9.53 Å². The van der Waals surface area contributed by atoms with Gasteiger partial charge >= 0.3 is 5.97 Å². The van der Waals surface area contributed by atoms with E-state index in [1.54, 1.807) is 0 Å². The minimum Gasteiger partial charge on any atom is -0.481 e. The van der Waals surface area contributed by atoms with Crippen LogP contribution in [0.1, 0.15) is 26.2 Å². The van der Waals surface area contributed by atoms with Crippen LogP contribution in [-0.4, -0.2) is 47.0 Å². The zero-order valence-corrected chi connectivity index (χ0v) is 9.96. The number of rotatable bonds is 10. The molecule has 0 aliphatic carbocycles. The second-order valence-electron chi connectivity index (χ2n) is 3.30. The van der Waals surface area contributed by atoms with Gasteiger partial charge in [-0.25, -0.2) is 0 Å². The van der Waals surface area contributed by atoms with Gasteiger partial charge in [-0.2, -0.15) is 11.8 Å². The van der Waals surface area contributed by atoms with Crippen LogP contribution in [0.4, 0.5) is 0 Å². The van der Waals surface area contributed by atoms with E-state index >= 15 is 0 Å². The molecule has 0 saturated carbocycles. The normalized spacial score (nSPS) is 12.7. The Labute approximate surface area is 95.0 Å². The van der Waals surface area contributed by atoms with Crippen LogP contribution in [0.3, 0.4) is 0 Å². The molecule has 4 nitrogen and oxygen atoms in total. The fourth-order valence-corrected chi connectivity index (χ4v) is 1.75. The SMILES string of the molecule is CCCCOCC(O)CSCCC(=O)O. The predicted octanol–water partition coefficient (Wildman–Crippen LogP) is 1.37. The van der Waals surface area contributed by atoms with E-state index in [-0.39, 0.29) is 6.42 Å². The summed E-state index contributed by atoms with van der Waals surface area (Å²) in [7, 11) is 0. The van der Waals surface area contributed by atoms with Gasteiger partial charge in [0.25, 0.3) is 0 Å². The molecule has 0 rings (SSSR count). The molecular weight excluding hydrogens is 216 g/mol. The summed E-state index contributed by atoms with van der Waals surface area (Å²) in [6.07, 6.45) is 1.76. The zero-order chi connectivity index (χ0) is 11.5. The monoisotopic (exact) mass is 236 g/mol. The number of hydrogen-bond acceptors (Lipinski definition) is 4. The third-order valence-electron chi connectivity index (χ3n) is 1.72. The predicted molar refractivity (Wildman–Crippen MR) is 61.3 cm³/mol. The lowest BCUT2D eigenvalue weighted by molar-refractivity contribution is -0.136. The number of ether oxygens (including phenoxy) is 1. The first-order chi connectivity index (χ1) is 7.16. The molecule has 0 radical (unpaired) electrons. The Bertz CT molecular complexity index is 164. The molecule has 2 N–H and O–H groups in total. The number of hydrogen-bond donors (Lipinski definition) is 2. The van der Waals surface area contributed by atoms with Crippen molar-refractivity contribution < 1.29 is 19.7 Å². The standard InChI is InChI=1S/C10H20O4S/c1-2-3-5-14-7-9(11)8-15-6-4-10(12)13/h9,11H,2-8H2,1H3,(H,12,13). The van der Waals surface area contributed by atoms with Gasteiger partial charge in [-0.15, -0.1) is 0 Å². The minimum absolute atomic E-state index is 0.147. The molecule has 0 bridgehead atoms. The topological polar surface area (TPSA) is 66.8 Å². The molecule has 0 aromatic heterocycles. The Morgan fingerprint density at radius 3 is 2.87 bits per heavy atom. The van der Waals surface area contributed by atoms with Gasteiger partial charge in [0.15, 0.2) is 0 Å². The molecule has 0 heterocycles. The largest absolute Gasteiger partial charge is 0.481 e. The summed E-state index contributed by atoms with van der Waals surface area (Å²) in [5.41, 5.74) is 0. The third kappa shape index (κ3) is 11.7. The molecular formula is C10H20O4S. The van der Waals surface area contributed by atoms with Crippen LogP contribution in [0.25, 0.3) is 0 Å². The van der Waals surface area contributed by atoms with Crippen LogP contribution >= 0.6 is 11.8 Å². The van der Waals surface area contributed by atoms with Gasteiger partial charge in [-0.05, 0) is 6.42 Å². The van der Waals surface area contributed by atoms with Crippen LogP contribution in [0.15, 0.2) is 0 Å². The van der Waals surface area contributed by atoms with Gasteiger partial charge in [-0.1, -0.05) is 13.3 Å². The average molecular weight is 236 g/mol. The second kappa shape index (κ2) is 10.3. The molecule has 0 aromatic carbocycles. The smallest absolute Gasteiger partial charge is 0.304 e. The summed E-state index contributed by atoms with van der Waals surface area (Å²) in [6, 6.07) is 0. The van der Waals surface area contributed by atoms with E-state index in [4.69, 9.17) is 9.84 Å².